The quantitative estimate of drug-likeness (QED) is 0.319. The number of aliphatic hydroxyl groups excluding tert-OH is 1. The normalized spacial score (nSPS) is 11.9. The van der Waals surface area contributed by atoms with E-state index in [9.17, 15) is 0 Å². The molecule has 0 aromatic rings. The number of nitrogens with one attached hydrogen (secondary N) is 2. The molecule has 4 heteroatoms. The molecule has 0 aliphatic rings. The maximum Gasteiger partial charge on any atom is 0.191 e. The van der Waals surface area contributed by atoms with Gasteiger partial charge in [-0.05, 0) is 19.3 Å². The fourth-order valence-electron chi connectivity index (χ4n) is 1.72. The lowest BCUT2D eigenvalue weighted by atomic mass is 10.0. The topological polar surface area (TPSA) is 56.7 Å². The first-order valence-corrected chi connectivity index (χ1v) is 7.33. The van der Waals surface area contributed by atoms with Crippen LogP contribution in [0.15, 0.2) is 4.99 Å². The summed E-state index contributed by atoms with van der Waals surface area (Å²) in [6.07, 6.45) is 6.39. The first-order valence-electron chi connectivity index (χ1n) is 7.33. The molecule has 0 aliphatic carbocycles. The number of hydrogen-bond acceptors (Lipinski definition) is 2. The van der Waals surface area contributed by atoms with Gasteiger partial charge in [0, 0.05) is 19.6 Å². The first-order chi connectivity index (χ1) is 8.70. The van der Waals surface area contributed by atoms with Gasteiger partial charge in [-0.25, -0.2) is 0 Å². The van der Waals surface area contributed by atoms with Crippen LogP contribution in [0.3, 0.4) is 0 Å². The Kier molecular flexibility index (Phi) is 12.1. The molecule has 0 bridgehead atoms. The van der Waals surface area contributed by atoms with E-state index in [-0.39, 0.29) is 6.61 Å². The van der Waals surface area contributed by atoms with E-state index in [0.717, 1.165) is 31.4 Å². The highest BCUT2D eigenvalue weighted by molar-refractivity contribution is 5.79. The van der Waals surface area contributed by atoms with Gasteiger partial charge in [-0.2, -0.15) is 0 Å². The van der Waals surface area contributed by atoms with Crippen LogP contribution in [-0.4, -0.2) is 37.3 Å². The Morgan fingerprint density at radius 1 is 1.11 bits per heavy atom. The van der Waals surface area contributed by atoms with Crippen LogP contribution >= 0.6 is 0 Å². The van der Waals surface area contributed by atoms with E-state index in [2.05, 4.69) is 29.5 Å². The summed E-state index contributed by atoms with van der Waals surface area (Å²) in [5.41, 5.74) is 0. The average molecular weight is 257 g/mol. The molecule has 0 spiro atoms. The molecule has 0 unspecified atom stereocenters. The van der Waals surface area contributed by atoms with E-state index in [1.54, 1.807) is 0 Å². The predicted molar refractivity (Wildman–Crippen MR) is 79.0 cm³/mol. The number of rotatable bonds is 10. The Labute approximate surface area is 112 Å². The molecule has 0 saturated heterocycles. The van der Waals surface area contributed by atoms with Crippen molar-refractivity contribution < 1.29 is 5.11 Å². The van der Waals surface area contributed by atoms with Gasteiger partial charge in [-0.1, -0.05) is 39.5 Å². The smallest absolute Gasteiger partial charge is 0.191 e. The molecule has 0 amide bonds. The molecular weight excluding hydrogens is 226 g/mol. The Hall–Kier alpha value is -0.770. The maximum absolute atomic E-state index is 8.75. The number of hydrogen-bond donors (Lipinski definition) is 3. The summed E-state index contributed by atoms with van der Waals surface area (Å²) in [7, 11) is 0. The van der Waals surface area contributed by atoms with Crippen molar-refractivity contribution in [2.45, 2.75) is 52.9 Å². The summed E-state index contributed by atoms with van der Waals surface area (Å²) in [6.45, 7) is 9.01. The summed E-state index contributed by atoms with van der Waals surface area (Å²) >= 11 is 0. The van der Waals surface area contributed by atoms with Crippen LogP contribution in [0.4, 0.5) is 0 Å². The highest BCUT2D eigenvalue weighted by atomic mass is 16.3. The lowest BCUT2D eigenvalue weighted by molar-refractivity contribution is 0.300. The van der Waals surface area contributed by atoms with Gasteiger partial charge < -0.3 is 15.7 Å². The van der Waals surface area contributed by atoms with Gasteiger partial charge in [-0.3, -0.25) is 4.99 Å². The van der Waals surface area contributed by atoms with Crippen molar-refractivity contribution in [1.82, 2.24) is 10.6 Å². The van der Waals surface area contributed by atoms with Crippen LogP contribution in [0.1, 0.15) is 52.9 Å². The van der Waals surface area contributed by atoms with Crippen molar-refractivity contribution in [2.75, 3.05) is 26.2 Å². The largest absolute Gasteiger partial charge is 0.395 e. The molecule has 18 heavy (non-hydrogen) atoms. The minimum absolute atomic E-state index is 0.139. The zero-order valence-electron chi connectivity index (χ0n) is 12.3. The monoisotopic (exact) mass is 257 g/mol. The number of guanidine groups is 1. The van der Waals surface area contributed by atoms with Crippen LogP contribution in [-0.2, 0) is 0 Å². The Morgan fingerprint density at radius 2 is 1.83 bits per heavy atom. The summed E-state index contributed by atoms with van der Waals surface area (Å²) in [5.74, 6) is 1.64. The Balaban J connectivity index is 3.55. The molecular formula is C14H31N3O. The Bertz CT molecular complexity index is 205. The zero-order chi connectivity index (χ0) is 13.6. The lowest BCUT2D eigenvalue weighted by Crippen LogP contribution is -2.38. The highest BCUT2D eigenvalue weighted by Gasteiger charge is 1.96. The van der Waals surface area contributed by atoms with E-state index >= 15 is 0 Å². The molecule has 0 atom stereocenters. The molecule has 0 aromatic carbocycles. The van der Waals surface area contributed by atoms with Crippen molar-refractivity contribution >= 4 is 5.96 Å². The van der Waals surface area contributed by atoms with E-state index in [4.69, 9.17) is 5.11 Å². The van der Waals surface area contributed by atoms with Crippen LogP contribution in [0, 0.1) is 5.92 Å². The first kappa shape index (κ1) is 17.2. The van der Waals surface area contributed by atoms with Gasteiger partial charge in [0.25, 0.3) is 0 Å². The van der Waals surface area contributed by atoms with Crippen LogP contribution < -0.4 is 10.6 Å². The molecule has 3 N–H and O–H groups in total. The van der Waals surface area contributed by atoms with Crippen molar-refractivity contribution in [3.8, 4) is 0 Å². The molecule has 0 fully saturated rings. The number of aliphatic hydroxyl groups is 1. The Morgan fingerprint density at radius 3 is 2.44 bits per heavy atom. The molecule has 0 saturated carbocycles. The van der Waals surface area contributed by atoms with E-state index in [1.165, 1.54) is 25.7 Å². The van der Waals surface area contributed by atoms with Gasteiger partial charge in [-0.15, -0.1) is 0 Å². The van der Waals surface area contributed by atoms with Crippen LogP contribution in [0.5, 0.6) is 0 Å². The fraction of sp³-hybridized carbons (Fsp3) is 0.929. The van der Waals surface area contributed by atoms with Gasteiger partial charge in [0.15, 0.2) is 5.96 Å². The van der Waals surface area contributed by atoms with Crippen molar-refractivity contribution in [2.24, 2.45) is 10.9 Å². The van der Waals surface area contributed by atoms with Gasteiger partial charge in [0.2, 0.25) is 0 Å². The van der Waals surface area contributed by atoms with E-state index < -0.39 is 0 Å². The average Bonchev–Trinajstić information content (AvgIpc) is 2.34. The second-order valence-electron chi connectivity index (χ2n) is 5.01. The van der Waals surface area contributed by atoms with E-state index in [1.807, 2.05) is 6.92 Å². The lowest BCUT2D eigenvalue weighted by Gasteiger charge is -2.09. The summed E-state index contributed by atoms with van der Waals surface area (Å²) in [6, 6.07) is 0. The standard InChI is InChI=1S/C14H31N3O/c1-4-15-14(17-11-12-18)16-10-8-6-5-7-9-13(2)3/h13,18H,4-12H2,1-3H3,(H2,15,16,17). The molecule has 0 radical (unpaired) electrons. The summed E-state index contributed by atoms with van der Waals surface area (Å²) < 4.78 is 0. The fourth-order valence-corrected chi connectivity index (χ4v) is 1.72. The highest BCUT2D eigenvalue weighted by Crippen LogP contribution is 2.09. The minimum Gasteiger partial charge on any atom is -0.395 e. The molecule has 0 aliphatic heterocycles. The third-order valence-electron chi connectivity index (χ3n) is 2.71. The van der Waals surface area contributed by atoms with Gasteiger partial charge in [0.1, 0.15) is 0 Å². The zero-order valence-corrected chi connectivity index (χ0v) is 12.3. The minimum atomic E-state index is 0.139. The third-order valence-corrected chi connectivity index (χ3v) is 2.71. The van der Waals surface area contributed by atoms with Gasteiger partial charge >= 0.3 is 0 Å². The predicted octanol–water partition coefficient (Wildman–Crippen LogP) is 2.14. The number of aliphatic imine (C=N–C) groups is 1. The SMILES string of the molecule is CCNC(=NCCCCCCC(C)C)NCCO. The third kappa shape index (κ3) is 11.7. The van der Waals surface area contributed by atoms with Crippen molar-refractivity contribution in [3.05, 3.63) is 0 Å². The summed E-state index contributed by atoms with van der Waals surface area (Å²) in [5, 5.41) is 15.0. The maximum atomic E-state index is 8.75. The van der Waals surface area contributed by atoms with E-state index in [0.29, 0.717) is 6.54 Å². The second kappa shape index (κ2) is 12.7. The van der Waals surface area contributed by atoms with Crippen LogP contribution in [0.25, 0.3) is 0 Å². The molecule has 0 rings (SSSR count). The second-order valence-corrected chi connectivity index (χ2v) is 5.01. The van der Waals surface area contributed by atoms with Gasteiger partial charge in [0.05, 0.1) is 6.61 Å². The summed E-state index contributed by atoms with van der Waals surface area (Å²) in [4.78, 5) is 4.47. The van der Waals surface area contributed by atoms with Crippen molar-refractivity contribution in [3.63, 3.8) is 0 Å². The molecule has 4 nitrogen and oxygen atoms in total. The van der Waals surface area contributed by atoms with Crippen LogP contribution in [0.2, 0.25) is 0 Å². The molecule has 108 valence electrons. The number of nitrogens with zero attached hydrogens (tertiary/aromatic N) is 1. The molecule has 0 heterocycles. The molecule has 0 aromatic heterocycles. The number of unbranched alkanes of at least 4 members (excludes halogenated alkanes) is 3. The van der Waals surface area contributed by atoms with Crippen molar-refractivity contribution in [1.29, 1.82) is 0 Å².